The molecule has 0 N–H and O–H groups in total. The van der Waals surface area contributed by atoms with Crippen molar-refractivity contribution in [2.24, 2.45) is 5.41 Å². The molecular formula is C20H18FN5O2. The van der Waals surface area contributed by atoms with E-state index < -0.39 is 5.95 Å². The minimum Gasteiger partial charge on any atom is -0.491 e. The average molecular weight is 379 g/mol. The lowest BCUT2D eigenvalue weighted by Gasteiger charge is -2.55. The van der Waals surface area contributed by atoms with Crippen LogP contribution in [0.25, 0.3) is 16.6 Å². The van der Waals surface area contributed by atoms with Crippen molar-refractivity contribution in [1.82, 2.24) is 19.5 Å². The molecule has 3 aromatic heterocycles. The van der Waals surface area contributed by atoms with Crippen LogP contribution in [0.2, 0.25) is 0 Å². The number of rotatable bonds is 5. The lowest BCUT2D eigenvalue weighted by molar-refractivity contribution is -0.189. The molecule has 28 heavy (non-hydrogen) atoms. The van der Waals surface area contributed by atoms with Gasteiger partial charge in [-0.25, -0.2) is 9.50 Å². The average Bonchev–Trinajstić information content (AvgIpc) is 3.05. The maximum Gasteiger partial charge on any atom is 0.212 e. The van der Waals surface area contributed by atoms with Crippen molar-refractivity contribution < 1.29 is 13.9 Å². The third-order valence-electron chi connectivity index (χ3n) is 5.36. The summed E-state index contributed by atoms with van der Waals surface area (Å²) in [5.41, 5.74) is 2.92. The van der Waals surface area contributed by atoms with Gasteiger partial charge in [0.25, 0.3) is 0 Å². The first-order valence-corrected chi connectivity index (χ1v) is 9.12. The zero-order valence-corrected chi connectivity index (χ0v) is 15.1. The van der Waals surface area contributed by atoms with Crippen LogP contribution in [0.3, 0.4) is 0 Å². The molecular weight excluding hydrogens is 361 g/mol. The fraction of sp³-hybridized carbons (Fsp3) is 0.350. The molecule has 0 aliphatic carbocycles. The lowest BCUT2D eigenvalue weighted by atomic mass is 9.78. The minimum atomic E-state index is -0.551. The Balaban J connectivity index is 1.37. The van der Waals surface area contributed by atoms with Crippen LogP contribution < -0.4 is 4.74 Å². The predicted octanol–water partition coefficient (Wildman–Crippen LogP) is 2.12. The van der Waals surface area contributed by atoms with E-state index in [1.165, 1.54) is 18.5 Å². The van der Waals surface area contributed by atoms with Gasteiger partial charge >= 0.3 is 0 Å². The summed E-state index contributed by atoms with van der Waals surface area (Å²) >= 11 is 0. The number of nitrogens with zero attached hydrogens (tertiary/aromatic N) is 5. The maximum absolute atomic E-state index is 13.2. The van der Waals surface area contributed by atoms with Gasteiger partial charge in [-0.1, -0.05) is 0 Å². The molecule has 0 saturated carbocycles. The van der Waals surface area contributed by atoms with Crippen LogP contribution in [0.15, 0.2) is 36.8 Å². The number of nitriles is 1. The van der Waals surface area contributed by atoms with Crippen molar-refractivity contribution in [2.45, 2.75) is 0 Å². The van der Waals surface area contributed by atoms with E-state index in [1.54, 1.807) is 16.8 Å². The monoisotopic (exact) mass is 379 g/mol. The van der Waals surface area contributed by atoms with Gasteiger partial charge in [0, 0.05) is 42.4 Å². The number of ether oxygens (including phenoxy) is 2. The summed E-state index contributed by atoms with van der Waals surface area (Å²) in [4.78, 5) is 6.08. The van der Waals surface area contributed by atoms with Crippen LogP contribution in [0, 0.1) is 22.7 Å². The largest absolute Gasteiger partial charge is 0.491 e. The van der Waals surface area contributed by atoms with Gasteiger partial charge in [0.15, 0.2) is 0 Å². The zero-order valence-electron chi connectivity index (χ0n) is 15.1. The molecule has 2 fully saturated rings. The van der Waals surface area contributed by atoms with E-state index in [4.69, 9.17) is 9.47 Å². The summed E-state index contributed by atoms with van der Waals surface area (Å²) in [5.74, 6) is 0.0898. The van der Waals surface area contributed by atoms with Gasteiger partial charge in [-0.15, -0.1) is 0 Å². The number of pyridine rings is 2. The van der Waals surface area contributed by atoms with E-state index in [2.05, 4.69) is 21.1 Å². The predicted molar refractivity (Wildman–Crippen MR) is 98.3 cm³/mol. The fourth-order valence-corrected chi connectivity index (χ4v) is 3.94. The Bertz CT molecular complexity index is 1060. The second kappa shape index (κ2) is 6.55. The summed E-state index contributed by atoms with van der Waals surface area (Å²) < 4.78 is 26.1. The van der Waals surface area contributed by atoms with Crippen LogP contribution in [-0.2, 0) is 4.74 Å². The molecule has 0 unspecified atom stereocenters. The normalized spacial score (nSPS) is 17.9. The maximum atomic E-state index is 13.2. The molecule has 0 aromatic carbocycles. The summed E-state index contributed by atoms with van der Waals surface area (Å²) in [7, 11) is 0. The summed E-state index contributed by atoms with van der Waals surface area (Å²) in [5, 5.41) is 13.6. The molecule has 1 spiro atoms. The van der Waals surface area contributed by atoms with E-state index in [0.717, 1.165) is 38.4 Å². The van der Waals surface area contributed by atoms with Crippen LogP contribution in [0.1, 0.15) is 5.56 Å². The van der Waals surface area contributed by atoms with E-state index in [9.17, 15) is 9.65 Å². The molecule has 2 saturated heterocycles. The van der Waals surface area contributed by atoms with Crippen molar-refractivity contribution in [3.63, 3.8) is 0 Å². The molecule has 7 nitrogen and oxygen atoms in total. The molecule has 5 heterocycles. The third-order valence-corrected chi connectivity index (χ3v) is 5.36. The van der Waals surface area contributed by atoms with Crippen LogP contribution >= 0.6 is 0 Å². The van der Waals surface area contributed by atoms with Crippen molar-refractivity contribution in [1.29, 1.82) is 5.26 Å². The number of hydrogen-bond donors (Lipinski definition) is 0. The molecule has 8 heteroatoms. The van der Waals surface area contributed by atoms with Gasteiger partial charge in [-0.3, -0.25) is 4.90 Å². The first kappa shape index (κ1) is 17.1. The van der Waals surface area contributed by atoms with Gasteiger partial charge in [0.2, 0.25) is 5.95 Å². The Hall–Kier alpha value is -3.02. The Morgan fingerprint density at radius 2 is 2.14 bits per heavy atom. The van der Waals surface area contributed by atoms with Crippen molar-refractivity contribution >= 4 is 5.52 Å². The van der Waals surface area contributed by atoms with Crippen LogP contribution in [0.5, 0.6) is 5.75 Å². The molecule has 5 rings (SSSR count). The zero-order chi connectivity index (χ0) is 19.1. The van der Waals surface area contributed by atoms with Crippen LogP contribution in [0.4, 0.5) is 4.39 Å². The van der Waals surface area contributed by atoms with Gasteiger partial charge in [-0.2, -0.15) is 14.8 Å². The van der Waals surface area contributed by atoms with Crippen molar-refractivity contribution in [2.75, 3.05) is 39.5 Å². The van der Waals surface area contributed by atoms with Gasteiger partial charge in [0.1, 0.15) is 18.4 Å². The van der Waals surface area contributed by atoms with Crippen molar-refractivity contribution in [3.05, 3.63) is 48.3 Å². The van der Waals surface area contributed by atoms with Gasteiger partial charge < -0.3 is 9.47 Å². The highest BCUT2D eigenvalue weighted by Gasteiger charge is 2.48. The second-order valence-corrected chi connectivity index (χ2v) is 7.47. The lowest BCUT2D eigenvalue weighted by Crippen LogP contribution is -2.66. The van der Waals surface area contributed by atoms with E-state index in [0.29, 0.717) is 34.4 Å². The molecule has 142 valence electrons. The standard InChI is InChI=1S/C20H18FN5O2/c21-18-2-1-14(7-23-18)17-5-16(9-26-19(17)15(6-22)8-24-26)28-4-3-25-10-20(11-25)12-27-13-20/h1-2,5,7-9H,3-4,10-13H2. The highest BCUT2D eigenvalue weighted by atomic mass is 19.1. The SMILES string of the molecule is N#Cc1cnn2cc(OCCN3CC4(COC4)C3)cc(-c3ccc(F)nc3)c12. The highest BCUT2D eigenvalue weighted by Crippen LogP contribution is 2.37. The first-order valence-electron chi connectivity index (χ1n) is 9.12. The quantitative estimate of drug-likeness (QED) is 0.632. The van der Waals surface area contributed by atoms with E-state index >= 15 is 0 Å². The Kier molecular flexibility index (Phi) is 4.00. The number of hydrogen-bond acceptors (Lipinski definition) is 6. The summed E-state index contributed by atoms with van der Waals surface area (Å²) in [6.45, 7) is 5.26. The third kappa shape index (κ3) is 2.89. The number of fused-ring (bicyclic) bond motifs is 1. The number of halogens is 1. The molecule has 0 radical (unpaired) electrons. The number of aromatic nitrogens is 3. The number of likely N-dealkylation sites (tertiary alicyclic amines) is 1. The summed E-state index contributed by atoms with van der Waals surface area (Å²) in [6.07, 6.45) is 4.72. The Morgan fingerprint density at radius 1 is 1.29 bits per heavy atom. The van der Waals surface area contributed by atoms with E-state index in [-0.39, 0.29) is 0 Å². The van der Waals surface area contributed by atoms with Gasteiger partial charge in [0.05, 0.1) is 36.7 Å². The van der Waals surface area contributed by atoms with Crippen molar-refractivity contribution in [3.8, 4) is 22.9 Å². The highest BCUT2D eigenvalue weighted by molar-refractivity contribution is 5.84. The van der Waals surface area contributed by atoms with E-state index in [1.807, 2.05) is 6.07 Å². The molecule has 0 atom stereocenters. The molecule has 3 aromatic rings. The Morgan fingerprint density at radius 3 is 2.82 bits per heavy atom. The molecule has 0 amide bonds. The Labute approximate surface area is 160 Å². The fourth-order valence-electron chi connectivity index (χ4n) is 3.94. The molecule has 2 aliphatic heterocycles. The summed E-state index contributed by atoms with van der Waals surface area (Å²) in [6, 6.07) is 6.93. The molecule has 0 bridgehead atoms. The minimum absolute atomic E-state index is 0.393. The van der Waals surface area contributed by atoms with Crippen LogP contribution in [-0.4, -0.2) is 59.0 Å². The topological polar surface area (TPSA) is 75.7 Å². The van der Waals surface area contributed by atoms with Gasteiger partial charge in [-0.05, 0) is 18.2 Å². The smallest absolute Gasteiger partial charge is 0.212 e. The first-order chi connectivity index (χ1) is 13.7. The second-order valence-electron chi connectivity index (χ2n) is 7.47. The molecule has 2 aliphatic rings.